The van der Waals surface area contributed by atoms with E-state index in [1.807, 2.05) is 20.8 Å². The molecule has 0 unspecified atom stereocenters. The van der Waals surface area contributed by atoms with Crippen molar-refractivity contribution < 1.29 is 9.72 Å². The second-order valence-corrected chi connectivity index (χ2v) is 4.80. The van der Waals surface area contributed by atoms with Gasteiger partial charge < -0.3 is 5.32 Å². The van der Waals surface area contributed by atoms with Crippen molar-refractivity contribution in [3.05, 3.63) is 10.1 Å². The maximum atomic E-state index is 11.2. The van der Waals surface area contributed by atoms with Crippen LogP contribution in [-0.2, 0) is 4.79 Å². The Balaban J connectivity index is 2.84. The number of hydrogen-bond acceptors (Lipinski definition) is 3. The highest BCUT2D eigenvalue weighted by atomic mass is 16.6. The van der Waals surface area contributed by atoms with Crippen molar-refractivity contribution in [2.75, 3.05) is 0 Å². The lowest BCUT2D eigenvalue weighted by Gasteiger charge is -2.35. The first-order chi connectivity index (χ1) is 6.32. The van der Waals surface area contributed by atoms with Gasteiger partial charge in [-0.25, -0.2) is 0 Å². The van der Waals surface area contributed by atoms with Gasteiger partial charge in [0.2, 0.25) is 11.9 Å². The average molecular weight is 200 g/mol. The highest BCUT2D eigenvalue weighted by molar-refractivity contribution is 5.77. The molecule has 80 valence electrons. The molecule has 5 heteroatoms. The van der Waals surface area contributed by atoms with Crippen molar-refractivity contribution in [2.45, 2.75) is 45.7 Å². The Labute approximate surface area is 83.0 Å². The molecule has 0 saturated carbocycles. The van der Waals surface area contributed by atoms with Crippen LogP contribution in [0.4, 0.5) is 0 Å². The van der Waals surface area contributed by atoms with Crippen LogP contribution in [-0.4, -0.2) is 22.9 Å². The van der Waals surface area contributed by atoms with Crippen LogP contribution in [0.1, 0.15) is 33.6 Å². The van der Waals surface area contributed by atoms with Crippen LogP contribution in [0.2, 0.25) is 0 Å². The Bertz CT molecular complexity index is 257. The summed E-state index contributed by atoms with van der Waals surface area (Å²) < 4.78 is 0. The molecule has 0 bridgehead atoms. The summed E-state index contributed by atoms with van der Waals surface area (Å²) in [4.78, 5) is 21.6. The number of piperidine rings is 1. The number of carbonyl (C=O) groups excluding carboxylic acids is 1. The summed E-state index contributed by atoms with van der Waals surface area (Å²) in [7, 11) is 0. The van der Waals surface area contributed by atoms with Gasteiger partial charge in [0.05, 0.1) is 0 Å². The molecule has 14 heavy (non-hydrogen) atoms. The SMILES string of the molecule is CC(C)(C)[C@@H]1NC(=O)CC[C@H]1[N+](=O)[O-]. The van der Waals surface area contributed by atoms with E-state index in [1.165, 1.54) is 0 Å². The minimum Gasteiger partial charge on any atom is -0.346 e. The van der Waals surface area contributed by atoms with Gasteiger partial charge >= 0.3 is 0 Å². The van der Waals surface area contributed by atoms with E-state index in [0.717, 1.165) is 0 Å². The Morgan fingerprint density at radius 3 is 2.50 bits per heavy atom. The first kappa shape index (κ1) is 10.9. The number of nitrogens with one attached hydrogen (secondary N) is 1. The molecule has 1 aliphatic heterocycles. The van der Waals surface area contributed by atoms with E-state index in [9.17, 15) is 14.9 Å². The molecule has 0 aliphatic carbocycles. The molecule has 0 aromatic rings. The third-order valence-corrected chi connectivity index (χ3v) is 2.57. The summed E-state index contributed by atoms with van der Waals surface area (Å²) in [6.45, 7) is 5.71. The number of nitrogens with zero attached hydrogens (tertiary/aromatic N) is 1. The van der Waals surface area contributed by atoms with Crippen LogP contribution in [0.5, 0.6) is 0 Å². The van der Waals surface area contributed by atoms with E-state index in [4.69, 9.17) is 0 Å². The Morgan fingerprint density at radius 2 is 2.07 bits per heavy atom. The van der Waals surface area contributed by atoms with Gasteiger partial charge in [-0.1, -0.05) is 20.8 Å². The summed E-state index contributed by atoms with van der Waals surface area (Å²) in [6.07, 6.45) is 0.610. The largest absolute Gasteiger partial charge is 0.346 e. The minimum absolute atomic E-state index is 0.0805. The van der Waals surface area contributed by atoms with E-state index in [2.05, 4.69) is 5.32 Å². The molecule has 5 nitrogen and oxygen atoms in total. The second kappa shape index (κ2) is 3.55. The number of rotatable bonds is 1. The van der Waals surface area contributed by atoms with E-state index >= 15 is 0 Å². The average Bonchev–Trinajstić information content (AvgIpc) is 2.01. The van der Waals surface area contributed by atoms with Crippen molar-refractivity contribution in [3.8, 4) is 0 Å². The Hall–Kier alpha value is -1.13. The molecule has 2 atom stereocenters. The summed E-state index contributed by atoms with van der Waals surface area (Å²) in [6, 6.07) is -1.01. The lowest BCUT2D eigenvalue weighted by Crippen LogP contribution is -2.57. The van der Waals surface area contributed by atoms with Crippen LogP contribution in [0.3, 0.4) is 0 Å². The topological polar surface area (TPSA) is 72.2 Å². The number of carbonyl (C=O) groups is 1. The van der Waals surface area contributed by atoms with Gasteiger partial charge in [0.25, 0.3) is 0 Å². The molecule has 1 saturated heterocycles. The first-order valence-electron chi connectivity index (χ1n) is 4.75. The maximum absolute atomic E-state index is 11.2. The Kier molecular flexibility index (Phi) is 2.78. The molecule has 1 heterocycles. The van der Waals surface area contributed by atoms with Crippen molar-refractivity contribution >= 4 is 5.91 Å². The van der Waals surface area contributed by atoms with Gasteiger partial charge in [-0.3, -0.25) is 14.9 Å². The van der Waals surface area contributed by atoms with E-state index in [0.29, 0.717) is 6.42 Å². The molecular weight excluding hydrogens is 184 g/mol. The van der Waals surface area contributed by atoms with Crippen molar-refractivity contribution in [1.29, 1.82) is 0 Å². The minimum atomic E-state index is -0.646. The van der Waals surface area contributed by atoms with Gasteiger partial charge in [-0.05, 0) is 5.41 Å². The maximum Gasteiger partial charge on any atom is 0.233 e. The zero-order chi connectivity index (χ0) is 10.9. The molecule has 1 amide bonds. The molecule has 0 aromatic carbocycles. The van der Waals surface area contributed by atoms with Gasteiger partial charge in [-0.2, -0.15) is 0 Å². The zero-order valence-corrected chi connectivity index (χ0v) is 8.74. The van der Waals surface area contributed by atoms with Crippen LogP contribution in [0.25, 0.3) is 0 Å². The molecule has 0 spiro atoms. The standard InChI is InChI=1S/C9H16N2O3/c1-9(2,3)8-6(11(13)14)4-5-7(12)10-8/h6,8H,4-5H2,1-3H3,(H,10,12)/t6-,8-/m1/s1. The van der Waals surface area contributed by atoms with Gasteiger partial charge in [0.15, 0.2) is 0 Å². The first-order valence-corrected chi connectivity index (χ1v) is 4.75. The second-order valence-electron chi connectivity index (χ2n) is 4.80. The molecule has 1 aliphatic rings. The molecule has 0 aromatic heterocycles. The fourth-order valence-corrected chi connectivity index (χ4v) is 1.81. The predicted molar refractivity (Wildman–Crippen MR) is 51.4 cm³/mol. The van der Waals surface area contributed by atoms with Crippen molar-refractivity contribution in [2.24, 2.45) is 5.41 Å². The monoisotopic (exact) mass is 200 g/mol. The predicted octanol–water partition coefficient (Wildman–Crippen LogP) is 0.956. The highest BCUT2D eigenvalue weighted by Gasteiger charge is 2.43. The fraction of sp³-hybridized carbons (Fsp3) is 0.889. The van der Waals surface area contributed by atoms with E-state index in [1.54, 1.807) is 0 Å². The molecule has 1 rings (SSSR count). The van der Waals surface area contributed by atoms with Crippen LogP contribution in [0.15, 0.2) is 0 Å². The molecular formula is C9H16N2O3. The van der Waals surface area contributed by atoms with Gasteiger partial charge in [0, 0.05) is 17.8 Å². The number of nitro groups is 1. The third-order valence-electron chi connectivity index (χ3n) is 2.57. The quantitative estimate of drug-likeness (QED) is 0.506. The van der Waals surface area contributed by atoms with Crippen LogP contribution < -0.4 is 5.32 Å². The molecule has 1 N–H and O–H groups in total. The summed E-state index contributed by atoms with van der Waals surface area (Å²) >= 11 is 0. The molecule has 1 fully saturated rings. The van der Waals surface area contributed by atoms with Crippen LogP contribution >= 0.6 is 0 Å². The Morgan fingerprint density at radius 1 is 1.50 bits per heavy atom. The normalized spacial score (nSPS) is 28.4. The van der Waals surface area contributed by atoms with Gasteiger partial charge in [-0.15, -0.1) is 0 Å². The number of amides is 1. The van der Waals surface area contributed by atoms with Crippen LogP contribution in [0, 0.1) is 15.5 Å². The van der Waals surface area contributed by atoms with E-state index in [-0.39, 0.29) is 28.7 Å². The van der Waals surface area contributed by atoms with Crippen molar-refractivity contribution in [1.82, 2.24) is 5.32 Å². The number of hydrogen-bond donors (Lipinski definition) is 1. The lowest BCUT2D eigenvalue weighted by molar-refractivity contribution is -0.531. The van der Waals surface area contributed by atoms with Gasteiger partial charge in [0.1, 0.15) is 6.04 Å². The summed E-state index contributed by atoms with van der Waals surface area (Å²) in [5.74, 6) is -0.0805. The fourth-order valence-electron chi connectivity index (χ4n) is 1.81. The summed E-state index contributed by atoms with van der Waals surface area (Å²) in [5, 5.41) is 13.5. The van der Waals surface area contributed by atoms with E-state index < -0.39 is 6.04 Å². The smallest absolute Gasteiger partial charge is 0.233 e. The van der Waals surface area contributed by atoms with Crippen molar-refractivity contribution in [3.63, 3.8) is 0 Å². The molecule has 0 radical (unpaired) electrons. The summed E-state index contributed by atoms with van der Waals surface area (Å²) in [5.41, 5.74) is -0.270. The zero-order valence-electron chi connectivity index (χ0n) is 8.74. The highest BCUT2D eigenvalue weighted by Crippen LogP contribution is 2.27. The lowest BCUT2D eigenvalue weighted by atomic mass is 9.79. The third kappa shape index (κ3) is 2.21.